The van der Waals surface area contributed by atoms with Crippen molar-refractivity contribution in [1.29, 1.82) is 0 Å². The molecule has 262 valence electrons. The molecule has 2 aliphatic rings. The van der Waals surface area contributed by atoms with Gasteiger partial charge in [0.05, 0.1) is 23.5 Å². The lowest BCUT2D eigenvalue weighted by molar-refractivity contribution is 0.0972. The van der Waals surface area contributed by atoms with Crippen LogP contribution in [0.5, 0.6) is 17.2 Å². The Morgan fingerprint density at radius 1 is 1.06 bits per heavy atom. The minimum absolute atomic E-state index is 0.0822. The van der Waals surface area contributed by atoms with Crippen LogP contribution in [0.3, 0.4) is 0 Å². The maximum atomic E-state index is 16.5. The first-order chi connectivity index (χ1) is 23.5. The number of benzene rings is 4. The van der Waals surface area contributed by atoms with E-state index in [9.17, 15) is 26.7 Å². The highest BCUT2D eigenvalue weighted by molar-refractivity contribution is 7.95. The number of aromatic hydroxyl groups is 1. The fourth-order valence-corrected chi connectivity index (χ4v) is 9.38. The third kappa shape index (κ3) is 6.39. The molecule has 11 nitrogen and oxygen atoms in total. The summed E-state index contributed by atoms with van der Waals surface area (Å²) in [6.07, 6.45) is 0.104. The fourth-order valence-electron chi connectivity index (χ4n) is 6.42. The molecule has 50 heavy (non-hydrogen) atoms. The molecule has 6 rings (SSSR count). The highest BCUT2D eigenvalue weighted by atomic mass is 32.2. The number of hydrogen-bond acceptors (Lipinski definition) is 9. The lowest BCUT2D eigenvalue weighted by Crippen LogP contribution is -2.42. The minimum Gasteiger partial charge on any atom is -0.506 e. The number of hydrogen-bond donors (Lipinski definition) is 3. The number of phenols is 1. The maximum Gasteiger partial charge on any atom is 0.266 e. The number of halogens is 2. The van der Waals surface area contributed by atoms with E-state index in [1.54, 1.807) is 13.8 Å². The number of phenolic OH excluding ortho intramolecular Hbond substituents is 1. The molecular formula is C35H33F2N3O8S2. The van der Waals surface area contributed by atoms with E-state index in [1.807, 2.05) is 30.3 Å². The van der Waals surface area contributed by atoms with Crippen LogP contribution in [0, 0.1) is 17.0 Å². The molecule has 15 heteroatoms. The van der Waals surface area contributed by atoms with Crippen LogP contribution in [0.15, 0.2) is 94.4 Å². The number of nitrogens with two attached hydrogens (primary N) is 1. The van der Waals surface area contributed by atoms with Crippen molar-refractivity contribution in [1.82, 2.24) is 0 Å². The number of anilines is 2. The Balaban J connectivity index is 1.63. The molecule has 1 atom stereocenters. The number of carbonyl (C=O) groups is 1. The van der Waals surface area contributed by atoms with Crippen LogP contribution in [-0.2, 0) is 26.5 Å². The second-order valence-corrected chi connectivity index (χ2v) is 16.3. The Morgan fingerprint density at radius 2 is 1.78 bits per heavy atom. The average Bonchev–Trinajstić information content (AvgIpc) is 3.18. The molecule has 0 bridgehead atoms. The van der Waals surface area contributed by atoms with E-state index in [0.717, 1.165) is 35.8 Å². The summed E-state index contributed by atoms with van der Waals surface area (Å²) < 4.78 is 96.9. The number of rotatable bonds is 7. The maximum absolute atomic E-state index is 16.5. The lowest BCUT2D eigenvalue weighted by atomic mass is 9.88. The molecule has 0 aromatic heterocycles. The van der Waals surface area contributed by atoms with E-state index in [1.165, 1.54) is 30.3 Å². The molecule has 4 aromatic carbocycles. The summed E-state index contributed by atoms with van der Waals surface area (Å²) in [6.45, 7) is 3.55. The molecule has 1 unspecified atom stereocenters. The van der Waals surface area contributed by atoms with Gasteiger partial charge in [-0.1, -0.05) is 50.2 Å². The molecule has 1 amide bonds. The topological polar surface area (TPSA) is 165 Å². The molecule has 0 spiro atoms. The number of primary sulfonamides is 1. The zero-order valence-corrected chi connectivity index (χ0v) is 28.7. The lowest BCUT2D eigenvalue weighted by Gasteiger charge is -2.37. The highest BCUT2D eigenvalue weighted by Crippen LogP contribution is 2.52. The van der Waals surface area contributed by atoms with Gasteiger partial charge in [-0.3, -0.25) is 9.69 Å². The minimum atomic E-state index is -4.71. The van der Waals surface area contributed by atoms with Gasteiger partial charge in [0.1, 0.15) is 51.9 Å². The van der Waals surface area contributed by atoms with Crippen LogP contribution >= 0.6 is 0 Å². The van der Waals surface area contributed by atoms with Crippen molar-refractivity contribution in [2.75, 3.05) is 23.1 Å². The quantitative estimate of drug-likeness (QED) is 0.201. The number of nitrogens with zero attached hydrogens (tertiary/aromatic N) is 1. The summed E-state index contributed by atoms with van der Waals surface area (Å²) in [5.74, 6) is -4.93. The fraction of sp³-hybridized carbons (Fsp3) is 0.229. The van der Waals surface area contributed by atoms with Crippen molar-refractivity contribution in [3.63, 3.8) is 0 Å². The number of sulfone groups is 1. The first-order valence-electron chi connectivity index (χ1n) is 15.3. The van der Waals surface area contributed by atoms with Gasteiger partial charge in [0.15, 0.2) is 15.7 Å². The number of sulfonamides is 1. The second kappa shape index (κ2) is 12.7. The third-order valence-electron chi connectivity index (χ3n) is 8.47. The van der Waals surface area contributed by atoms with E-state index in [-0.39, 0.29) is 52.1 Å². The largest absolute Gasteiger partial charge is 0.506 e. The van der Waals surface area contributed by atoms with Gasteiger partial charge in [0, 0.05) is 17.3 Å². The Bertz CT molecular complexity index is 2280. The van der Waals surface area contributed by atoms with Crippen molar-refractivity contribution >= 4 is 37.1 Å². The first kappa shape index (κ1) is 34.9. The molecule has 0 saturated heterocycles. The van der Waals surface area contributed by atoms with Crippen LogP contribution in [0.25, 0.3) is 0 Å². The van der Waals surface area contributed by atoms with Crippen LogP contribution in [-0.4, -0.2) is 40.7 Å². The van der Waals surface area contributed by atoms with E-state index in [4.69, 9.17) is 14.6 Å². The molecule has 0 fully saturated rings. The number of para-hydroxylation sites is 1. The van der Waals surface area contributed by atoms with Gasteiger partial charge in [-0.25, -0.2) is 30.8 Å². The van der Waals surface area contributed by atoms with Gasteiger partial charge in [-0.05, 0) is 53.8 Å². The number of ether oxygens (including phenoxy) is 2. The third-order valence-corrected chi connectivity index (χ3v) is 11.7. The van der Waals surface area contributed by atoms with Crippen LogP contribution < -0.4 is 24.8 Å². The van der Waals surface area contributed by atoms with Crippen molar-refractivity contribution in [3.8, 4) is 17.2 Å². The summed E-state index contributed by atoms with van der Waals surface area (Å²) >= 11 is 0. The van der Waals surface area contributed by atoms with Gasteiger partial charge in [0.2, 0.25) is 10.0 Å². The predicted octanol–water partition coefficient (Wildman–Crippen LogP) is 5.78. The summed E-state index contributed by atoms with van der Waals surface area (Å²) in [7, 11) is -7.91. The average molecular weight is 726 g/mol. The highest BCUT2D eigenvalue weighted by Gasteiger charge is 2.48. The Morgan fingerprint density at radius 3 is 2.44 bits per heavy atom. The smallest absolute Gasteiger partial charge is 0.266 e. The second-order valence-electron chi connectivity index (χ2n) is 12.8. The summed E-state index contributed by atoms with van der Waals surface area (Å²) in [4.78, 5) is 14.2. The predicted molar refractivity (Wildman–Crippen MR) is 182 cm³/mol. The first-order valence-corrected chi connectivity index (χ1v) is 18.5. The van der Waals surface area contributed by atoms with Crippen molar-refractivity contribution in [2.45, 2.75) is 37.8 Å². The van der Waals surface area contributed by atoms with Gasteiger partial charge >= 0.3 is 0 Å². The summed E-state index contributed by atoms with van der Waals surface area (Å²) in [5.41, 5.74) is -1.43. The van der Waals surface area contributed by atoms with Crippen LogP contribution in [0.2, 0.25) is 0 Å². The number of allylic oxidation sites excluding steroid dienone is 1. The molecular weight excluding hydrogens is 693 g/mol. The van der Waals surface area contributed by atoms with E-state index in [2.05, 4.69) is 5.32 Å². The summed E-state index contributed by atoms with van der Waals surface area (Å²) in [5, 5.41) is 19.3. The van der Waals surface area contributed by atoms with Gasteiger partial charge in [-0.2, -0.15) is 0 Å². The van der Waals surface area contributed by atoms with Crippen LogP contribution in [0.4, 0.5) is 20.2 Å². The normalized spacial score (nSPS) is 18.0. The molecule has 4 N–H and O–H groups in total. The number of amides is 1. The van der Waals surface area contributed by atoms with Crippen molar-refractivity contribution in [3.05, 3.63) is 118 Å². The zero-order chi connectivity index (χ0) is 36.2. The molecule has 0 aliphatic carbocycles. The molecule has 4 aromatic rings. The number of carbonyl (C=O) groups excluding carboxylic acids is 1. The van der Waals surface area contributed by atoms with E-state index in [0.29, 0.717) is 0 Å². The van der Waals surface area contributed by atoms with Gasteiger partial charge < -0.3 is 19.9 Å². The number of fused-ring (bicyclic) bond motifs is 1. The Labute approximate surface area is 287 Å². The Kier molecular flexibility index (Phi) is 8.87. The number of nitrogens with one attached hydrogen (secondary N) is 1. The van der Waals surface area contributed by atoms with E-state index >= 15 is 8.78 Å². The van der Waals surface area contributed by atoms with Gasteiger partial charge in [0.25, 0.3) is 5.91 Å². The molecule has 0 saturated carbocycles. The van der Waals surface area contributed by atoms with E-state index < -0.39 is 70.8 Å². The number of methoxy groups -OCH3 is 1. The molecule has 2 aliphatic heterocycles. The Hall–Kier alpha value is -4.99. The van der Waals surface area contributed by atoms with Gasteiger partial charge in [-0.15, -0.1) is 0 Å². The molecule has 2 heterocycles. The van der Waals surface area contributed by atoms with Crippen molar-refractivity contribution < 1.29 is 45.0 Å². The standard InChI is InChI=1S/C35H33F2N3O8S2/c1-35(2)17-24-33(49(43,44)19-35)32(22-13-12-21(16-23(22)36)48-18-20-8-5-4-6-9-20)40(25-10-7-11-26(41)31(25)39-24)34(42)29-27(47-3)14-15-28(30(29)37)50(38,45)46/h4-16,32,39,41H,17-19H2,1-3H3,(H2,38,45,46). The summed E-state index contributed by atoms with van der Waals surface area (Å²) in [6, 6.07) is 16.9. The van der Waals surface area contributed by atoms with Crippen LogP contribution in [0.1, 0.15) is 47.8 Å². The molecule has 0 radical (unpaired) electrons. The SMILES string of the molecule is COc1ccc(S(N)(=O)=O)c(F)c1C(=O)N1c2cccc(O)c2NC2=C(C1c1ccc(OCc3ccccc3)cc1F)S(=O)(=O)CC(C)(C)C2. The monoisotopic (exact) mass is 725 g/mol. The zero-order valence-electron chi connectivity index (χ0n) is 27.1. The van der Waals surface area contributed by atoms with Crippen molar-refractivity contribution in [2.24, 2.45) is 10.6 Å².